The lowest BCUT2D eigenvalue weighted by atomic mass is 9.98. The van der Waals surface area contributed by atoms with Crippen molar-refractivity contribution < 1.29 is 9.59 Å². The molecule has 160 valence electrons. The normalized spacial score (nSPS) is 16.6. The van der Waals surface area contributed by atoms with Crippen molar-refractivity contribution in [2.24, 2.45) is 7.05 Å². The standard InChI is InChI=1S/C24H25N3O3S/c1-3-26-11-12-27(23(29)19-9-10-22(28)25(2)16-19)20(24(26)30)15-17-6-4-7-18(14-17)21-8-5-13-31-21/h4-10,13-14,16,20H,3,11-12,15H2,1-2H3/t20-/m0/s1. The van der Waals surface area contributed by atoms with Gasteiger partial charge in [-0.1, -0.05) is 30.3 Å². The van der Waals surface area contributed by atoms with Crippen molar-refractivity contribution in [1.82, 2.24) is 14.4 Å². The molecule has 31 heavy (non-hydrogen) atoms. The predicted molar refractivity (Wildman–Crippen MR) is 122 cm³/mol. The monoisotopic (exact) mass is 435 g/mol. The summed E-state index contributed by atoms with van der Waals surface area (Å²) in [6.07, 6.45) is 1.99. The number of aromatic nitrogens is 1. The van der Waals surface area contributed by atoms with Crippen molar-refractivity contribution in [2.75, 3.05) is 19.6 Å². The van der Waals surface area contributed by atoms with E-state index in [2.05, 4.69) is 18.2 Å². The van der Waals surface area contributed by atoms with Crippen LogP contribution >= 0.6 is 11.3 Å². The van der Waals surface area contributed by atoms with E-state index in [1.807, 2.05) is 30.5 Å². The Labute approximate surface area is 185 Å². The van der Waals surface area contributed by atoms with E-state index in [0.717, 1.165) is 11.1 Å². The Hall–Kier alpha value is -3.19. The van der Waals surface area contributed by atoms with E-state index < -0.39 is 6.04 Å². The highest BCUT2D eigenvalue weighted by atomic mass is 32.1. The molecule has 0 unspecified atom stereocenters. The molecule has 0 N–H and O–H groups in total. The summed E-state index contributed by atoms with van der Waals surface area (Å²) in [4.78, 5) is 42.9. The van der Waals surface area contributed by atoms with Crippen molar-refractivity contribution in [2.45, 2.75) is 19.4 Å². The third kappa shape index (κ3) is 4.32. The molecule has 1 aliphatic rings. The van der Waals surface area contributed by atoms with Crippen LogP contribution in [0.4, 0.5) is 0 Å². The van der Waals surface area contributed by atoms with Gasteiger partial charge in [0.15, 0.2) is 0 Å². The molecule has 1 saturated heterocycles. The van der Waals surface area contributed by atoms with E-state index in [-0.39, 0.29) is 17.4 Å². The minimum atomic E-state index is -0.572. The zero-order valence-corrected chi connectivity index (χ0v) is 18.5. The largest absolute Gasteiger partial charge is 0.339 e. The maximum atomic E-state index is 13.3. The number of carbonyl (C=O) groups is 2. The highest BCUT2D eigenvalue weighted by Gasteiger charge is 2.37. The summed E-state index contributed by atoms with van der Waals surface area (Å²) in [6, 6.07) is 14.6. The SMILES string of the molecule is CCN1CCN(C(=O)c2ccc(=O)n(C)c2)[C@@H](Cc2cccc(-c3cccs3)c2)C1=O. The number of hydrogen-bond donors (Lipinski definition) is 0. The third-order valence-electron chi connectivity index (χ3n) is 5.72. The Morgan fingerprint density at radius 1 is 1.10 bits per heavy atom. The van der Waals surface area contributed by atoms with Crippen molar-refractivity contribution in [3.05, 3.63) is 81.6 Å². The topological polar surface area (TPSA) is 62.6 Å². The van der Waals surface area contributed by atoms with E-state index in [1.54, 1.807) is 28.2 Å². The highest BCUT2D eigenvalue weighted by molar-refractivity contribution is 7.13. The number of rotatable bonds is 5. The van der Waals surface area contributed by atoms with Crippen LogP contribution in [0.5, 0.6) is 0 Å². The molecule has 0 saturated carbocycles. The first-order chi connectivity index (χ1) is 15.0. The fraction of sp³-hybridized carbons (Fsp3) is 0.292. The zero-order valence-electron chi connectivity index (χ0n) is 17.7. The van der Waals surface area contributed by atoms with Crippen LogP contribution in [0.2, 0.25) is 0 Å². The lowest BCUT2D eigenvalue weighted by molar-refractivity contribution is -0.139. The maximum absolute atomic E-state index is 13.3. The molecule has 3 heterocycles. The van der Waals surface area contributed by atoms with Crippen LogP contribution in [0.1, 0.15) is 22.8 Å². The summed E-state index contributed by atoms with van der Waals surface area (Å²) in [5.74, 6) is -0.257. The second-order valence-corrected chi connectivity index (χ2v) is 8.63. The Morgan fingerprint density at radius 2 is 1.94 bits per heavy atom. The third-order valence-corrected chi connectivity index (χ3v) is 6.64. The Morgan fingerprint density at radius 3 is 2.65 bits per heavy atom. The Kier molecular flexibility index (Phi) is 6.04. The number of piperazine rings is 1. The van der Waals surface area contributed by atoms with Gasteiger partial charge >= 0.3 is 0 Å². The number of carbonyl (C=O) groups excluding carboxylic acids is 2. The molecule has 3 aromatic rings. The van der Waals surface area contributed by atoms with Crippen molar-refractivity contribution in [1.29, 1.82) is 0 Å². The van der Waals surface area contributed by atoms with E-state index in [0.29, 0.717) is 31.6 Å². The van der Waals surface area contributed by atoms with Gasteiger partial charge in [0.25, 0.3) is 5.91 Å². The fourth-order valence-electron chi connectivity index (χ4n) is 4.00. The minimum Gasteiger partial charge on any atom is -0.339 e. The van der Waals surface area contributed by atoms with Gasteiger partial charge in [-0.3, -0.25) is 14.4 Å². The average molecular weight is 436 g/mol. The van der Waals surface area contributed by atoms with E-state index in [9.17, 15) is 14.4 Å². The summed E-state index contributed by atoms with van der Waals surface area (Å²) < 4.78 is 1.39. The van der Waals surface area contributed by atoms with Gasteiger partial charge in [-0.05, 0) is 35.6 Å². The minimum absolute atomic E-state index is 0.0338. The Balaban J connectivity index is 1.65. The smallest absolute Gasteiger partial charge is 0.256 e. The first kappa shape index (κ1) is 21.1. The van der Waals surface area contributed by atoms with Gasteiger partial charge in [-0.2, -0.15) is 0 Å². The molecular formula is C24H25N3O3S. The molecule has 0 aliphatic carbocycles. The summed E-state index contributed by atoms with van der Waals surface area (Å²) in [6.45, 7) is 3.55. The molecule has 1 fully saturated rings. The number of pyridine rings is 1. The number of benzene rings is 1. The number of likely N-dealkylation sites (N-methyl/N-ethyl adjacent to an activating group) is 1. The zero-order chi connectivity index (χ0) is 22.0. The molecule has 1 atom stereocenters. The van der Waals surface area contributed by atoms with Crippen LogP contribution in [0.25, 0.3) is 10.4 Å². The van der Waals surface area contributed by atoms with E-state index in [1.165, 1.54) is 27.8 Å². The van der Waals surface area contributed by atoms with Crippen LogP contribution in [0.15, 0.2) is 64.9 Å². The van der Waals surface area contributed by atoms with Crippen molar-refractivity contribution in [3.63, 3.8) is 0 Å². The van der Waals surface area contributed by atoms with Gasteiger partial charge in [0, 0.05) is 50.2 Å². The van der Waals surface area contributed by atoms with Gasteiger partial charge in [0.1, 0.15) is 6.04 Å². The first-order valence-electron chi connectivity index (χ1n) is 10.4. The molecule has 7 heteroatoms. The molecule has 6 nitrogen and oxygen atoms in total. The molecule has 2 amide bonds. The van der Waals surface area contributed by atoms with Gasteiger partial charge < -0.3 is 14.4 Å². The van der Waals surface area contributed by atoms with Gasteiger partial charge in [0.2, 0.25) is 11.5 Å². The predicted octanol–water partition coefficient (Wildman–Crippen LogP) is 3.03. The van der Waals surface area contributed by atoms with Crippen LogP contribution in [-0.2, 0) is 18.3 Å². The number of hydrogen-bond acceptors (Lipinski definition) is 4. The molecule has 4 rings (SSSR count). The second kappa shape index (κ2) is 8.89. The van der Waals surface area contributed by atoms with Crippen LogP contribution in [-0.4, -0.2) is 51.9 Å². The fourth-order valence-corrected chi connectivity index (χ4v) is 4.72. The highest BCUT2D eigenvalue weighted by Crippen LogP contribution is 2.27. The van der Waals surface area contributed by atoms with E-state index >= 15 is 0 Å². The lowest BCUT2D eigenvalue weighted by Gasteiger charge is -2.40. The maximum Gasteiger partial charge on any atom is 0.256 e. The lowest BCUT2D eigenvalue weighted by Crippen LogP contribution is -2.59. The molecular weight excluding hydrogens is 410 g/mol. The number of aryl methyl sites for hydroxylation is 1. The first-order valence-corrected chi connectivity index (χ1v) is 11.2. The van der Waals surface area contributed by atoms with Crippen molar-refractivity contribution >= 4 is 23.2 Å². The van der Waals surface area contributed by atoms with E-state index in [4.69, 9.17) is 0 Å². The van der Waals surface area contributed by atoms with Gasteiger partial charge in [-0.15, -0.1) is 11.3 Å². The molecule has 2 aromatic heterocycles. The molecule has 0 radical (unpaired) electrons. The molecule has 0 spiro atoms. The molecule has 1 aromatic carbocycles. The molecule has 1 aliphatic heterocycles. The number of nitrogens with zero attached hydrogens (tertiary/aromatic N) is 3. The summed E-state index contributed by atoms with van der Waals surface area (Å²) in [5.41, 5.74) is 2.36. The summed E-state index contributed by atoms with van der Waals surface area (Å²) >= 11 is 1.67. The van der Waals surface area contributed by atoms with Crippen LogP contribution < -0.4 is 5.56 Å². The average Bonchev–Trinajstić information content (AvgIpc) is 3.32. The van der Waals surface area contributed by atoms with Crippen molar-refractivity contribution in [3.8, 4) is 10.4 Å². The van der Waals surface area contributed by atoms with Gasteiger partial charge in [0.05, 0.1) is 5.56 Å². The van der Waals surface area contributed by atoms with Gasteiger partial charge in [-0.25, -0.2) is 0 Å². The number of amides is 2. The Bertz CT molecular complexity index is 1150. The number of thiophene rings is 1. The molecule has 0 bridgehead atoms. The quantitative estimate of drug-likeness (QED) is 0.619. The van der Waals surface area contributed by atoms with Crippen LogP contribution in [0.3, 0.4) is 0 Å². The second-order valence-electron chi connectivity index (χ2n) is 7.68. The van der Waals surface area contributed by atoms with Crippen LogP contribution in [0, 0.1) is 0 Å². The summed E-state index contributed by atoms with van der Waals surface area (Å²) in [5, 5.41) is 2.04. The summed E-state index contributed by atoms with van der Waals surface area (Å²) in [7, 11) is 1.62.